The largest absolute Gasteiger partial charge is 0.370 e. The molecule has 1 heterocycles. The summed E-state index contributed by atoms with van der Waals surface area (Å²) in [5, 5.41) is 3.04. The van der Waals surface area contributed by atoms with Crippen LogP contribution in [0, 0.1) is 0 Å². The van der Waals surface area contributed by atoms with E-state index in [1.807, 2.05) is 0 Å². The Labute approximate surface area is 152 Å². The maximum Gasteiger partial charge on any atom is 0.322 e. The highest BCUT2D eigenvalue weighted by atomic mass is 35.5. The van der Waals surface area contributed by atoms with Crippen molar-refractivity contribution in [2.75, 3.05) is 26.0 Å². The fourth-order valence-electron chi connectivity index (χ4n) is 2.91. The Morgan fingerprint density at radius 1 is 1.32 bits per heavy atom. The number of nitrogens with one attached hydrogen (secondary N) is 1. The lowest BCUT2D eigenvalue weighted by atomic mass is 9.99. The van der Waals surface area contributed by atoms with Gasteiger partial charge in [0.15, 0.2) is 0 Å². The third-order valence-electron chi connectivity index (χ3n) is 4.18. The molecule has 8 heteroatoms. The second-order valence-corrected chi connectivity index (χ2v) is 6.74. The summed E-state index contributed by atoms with van der Waals surface area (Å²) in [5.74, 6) is -0.625. The summed E-state index contributed by atoms with van der Waals surface area (Å²) in [6, 6.07) is 4.28. The van der Waals surface area contributed by atoms with E-state index >= 15 is 0 Å². The topological polar surface area (TPSA) is 95.7 Å². The van der Waals surface area contributed by atoms with Crippen LogP contribution in [-0.4, -0.2) is 54.3 Å². The van der Waals surface area contributed by atoms with Gasteiger partial charge < -0.3 is 20.9 Å². The minimum absolute atomic E-state index is 0.157. The van der Waals surface area contributed by atoms with Crippen LogP contribution in [0.5, 0.6) is 0 Å². The van der Waals surface area contributed by atoms with E-state index in [1.165, 1.54) is 4.90 Å². The van der Waals surface area contributed by atoms with Crippen LogP contribution in [0.3, 0.4) is 0 Å². The van der Waals surface area contributed by atoms with Gasteiger partial charge in [-0.1, -0.05) is 11.6 Å². The zero-order valence-corrected chi connectivity index (χ0v) is 15.2. The summed E-state index contributed by atoms with van der Waals surface area (Å²) < 4.78 is 0. The van der Waals surface area contributed by atoms with Crippen molar-refractivity contribution in [3.63, 3.8) is 0 Å². The fraction of sp³-hybridized carbons (Fsp3) is 0.471. The van der Waals surface area contributed by atoms with Crippen LogP contribution < -0.4 is 11.1 Å². The van der Waals surface area contributed by atoms with Crippen molar-refractivity contribution in [3.8, 4) is 0 Å². The summed E-state index contributed by atoms with van der Waals surface area (Å²) in [5.41, 5.74) is 6.14. The molecule has 0 bridgehead atoms. The molecule has 0 aliphatic carbocycles. The van der Waals surface area contributed by atoms with E-state index in [1.54, 1.807) is 37.2 Å². The minimum Gasteiger partial charge on any atom is -0.370 e. The molecule has 1 saturated heterocycles. The number of nitrogens with two attached hydrogens (primary N) is 1. The van der Waals surface area contributed by atoms with Crippen LogP contribution >= 0.6 is 11.6 Å². The van der Waals surface area contributed by atoms with Crippen molar-refractivity contribution >= 4 is 35.1 Å². The normalized spacial score (nSPS) is 17.1. The average molecular weight is 367 g/mol. The molecular weight excluding hydrogens is 344 g/mol. The zero-order chi connectivity index (χ0) is 18.6. The summed E-state index contributed by atoms with van der Waals surface area (Å²) in [6.07, 6.45) is 2.77. The van der Waals surface area contributed by atoms with Crippen molar-refractivity contribution in [2.24, 2.45) is 5.73 Å². The van der Waals surface area contributed by atoms with Gasteiger partial charge in [0.2, 0.25) is 5.91 Å². The minimum atomic E-state index is -0.417. The Balaban J connectivity index is 2.10. The second kappa shape index (κ2) is 8.20. The number of anilines is 1. The van der Waals surface area contributed by atoms with Crippen LogP contribution in [-0.2, 0) is 4.79 Å². The molecule has 3 N–H and O–H groups in total. The standard InChI is InChI=1S/C17H23ClN4O3/c1-21(2)16(24)13-7-6-11(9-14(13)18)20-17(25)22-8-4-3-5-12(22)10-15(19)23/h6-7,9,12H,3-5,8,10H2,1-2H3,(H2,19,23)(H,20,25). The van der Waals surface area contributed by atoms with Crippen molar-refractivity contribution < 1.29 is 14.4 Å². The van der Waals surface area contributed by atoms with Gasteiger partial charge in [-0.25, -0.2) is 4.79 Å². The smallest absolute Gasteiger partial charge is 0.322 e. The van der Waals surface area contributed by atoms with Crippen LogP contribution in [0.15, 0.2) is 18.2 Å². The number of carbonyl (C=O) groups is 3. The molecule has 1 atom stereocenters. The number of benzene rings is 1. The molecule has 4 amide bonds. The van der Waals surface area contributed by atoms with Gasteiger partial charge in [-0.05, 0) is 37.5 Å². The lowest BCUT2D eigenvalue weighted by Gasteiger charge is -2.35. The molecule has 1 aromatic carbocycles. The average Bonchev–Trinajstić information content (AvgIpc) is 2.54. The molecular formula is C17H23ClN4O3. The number of hydrogen-bond donors (Lipinski definition) is 2. The Bertz CT molecular complexity index is 678. The first kappa shape index (κ1) is 19.1. The predicted molar refractivity (Wildman–Crippen MR) is 96.6 cm³/mol. The van der Waals surface area contributed by atoms with Gasteiger partial charge in [-0.3, -0.25) is 9.59 Å². The molecule has 0 radical (unpaired) electrons. The van der Waals surface area contributed by atoms with Crippen LogP contribution in [0.1, 0.15) is 36.0 Å². The highest BCUT2D eigenvalue weighted by Gasteiger charge is 2.28. The van der Waals surface area contributed by atoms with E-state index < -0.39 is 5.91 Å². The van der Waals surface area contributed by atoms with Gasteiger partial charge in [-0.15, -0.1) is 0 Å². The zero-order valence-electron chi connectivity index (χ0n) is 14.4. The van der Waals surface area contributed by atoms with E-state index in [-0.39, 0.29) is 29.4 Å². The van der Waals surface area contributed by atoms with Crippen LogP contribution in [0.25, 0.3) is 0 Å². The molecule has 1 aliphatic heterocycles. The van der Waals surface area contributed by atoms with Gasteiger partial charge in [0.25, 0.3) is 5.91 Å². The predicted octanol–water partition coefficient (Wildman–Crippen LogP) is 2.30. The summed E-state index contributed by atoms with van der Waals surface area (Å²) in [6.45, 7) is 0.578. The highest BCUT2D eigenvalue weighted by molar-refractivity contribution is 6.34. The molecule has 25 heavy (non-hydrogen) atoms. The first-order valence-electron chi connectivity index (χ1n) is 8.16. The fourth-order valence-corrected chi connectivity index (χ4v) is 3.18. The molecule has 0 aromatic heterocycles. The maximum absolute atomic E-state index is 12.5. The number of piperidine rings is 1. The van der Waals surface area contributed by atoms with Crippen molar-refractivity contribution in [2.45, 2.75) is 31.7 Å². The Hall–Kier alpha value is -2.28. The number of primary amides is 1. The Morgan fingerprint density at radius 2 is 2.04 bits per heavy atom. The molecule has 136 valence electrons. The van der Waals surface area contributed by atoms with Crippen molar-refractivity contribution in [1.82, 2.24) is 9.80 Å². The van der Waals surface area contributed by atoms with E-state index in [0.717, 1.165) is 19.3 Å². The van der Waals surface area contributed by atoms with E-state index in [9.17, 15) is 14.4 Å². The number of halogens is 1. The van der Waals surface area contributed by atoms with E-state index in [4.69, 9.17) is 17.3 Å². The highest BCUT2D eigenvalue weighted by Crippen LogP contribution is 2.24. The molecule has 1 unspecified atom stereocenters. The summed E-state index contributed by atoms with van der Waals surface area (Å²) in [4.78, 5) is 38.8. The lowest BCUT2D eigenvalue weighted by molar-refractivity contribution is -0.119. The molecule has 0 saturated carbocycles. The molecule has 2 rings (SSSR count). The third kappa shape index (κ3) is 4.85. The SMILES string of the molecule is CN(C)C(=O)c1ccc(NC(=O)N2CCCCC2CC(N)=O)cc1Cl. The van der Waals surface area contributed by atoms with Gasteiger partial charge in [0.1, 0.15) is 0 Å². The van der Waals surface area contributed by atoms with Gasteiger partial charge in [-0.2, -0.15) is 0 Å². The van der Waals surface area contributed by atoms with Crippen LogP contribution in [0.2, 0.25) is 5.02 Å². The number of amides is 4. The second-order valence-electron chi connectivity index (χ2n) is 6.34. The van der Waals surface area contributed by atoms with Gasteiger partial charge in [0.05, 0.1) is 10.6 Å². The Kier molecular flexibility index (Phi) is 6.25. The molecule has 1 aliphatic rings. The number of nitrogens with zero attached hydrogens (tertiary/aromatic N) is 2. The number of likely N-dealkylation sites (tertiary alicyclic amines) is 1. The molecule has 1 fully saturated rings. The lowest BCUT2D eigenvalue weighted by Crippen LogP contribution is -2.47. The van der Waals surface area contributed by atoms with E-state index in [0.29, 0.717) is 17.8 Å². The van der Waals surface area contributed by atoms with Crippen molar-refractivity contribution in [1.29, 1.82) is 0 Å². The van der Waals surface area contributed by atoms with E-state index in [2.05, 4.69) is 5.32 Å². The molecule has 7 nitrogen and oxygen atoms in total. The van der Waals surface area contributed by atoms with Gasteiger partial charge >= 0.3 is 6.03 Å². The first-order chi connectivity index (χ1) is 11.8. The quantitative estimate of drug-likeness (QED) is 0.855. The first-order valence-corrected chi connectivity index (χ1v) is 8.54. The number of hydrogen-bond acceptors (Lipinski definition) is 3. The number of urea groups is 1. The third-order valence-corrected chi connectivity index (χ3v) is 4.49. The number of carbonyl (C=O) groups excluding carboxylic acids is 3. The monoisotopic (exact) mass is 366 g/mol. The maximum atomic E-state index is 12.5. The molecule has 0 spiro atoms. The number of rotatable bonds is 4. The summed E-state index contributed by atoms with van der Waals surface area (Å²) >= 11 is 6.16. The van der Waals surface area contributed by atoms with Crippen molar-refractivity contribution in [3.05, 3.63) is 28.8 Å². The Morgan fingerprint density at radius 3 is 2.64 bits per heavy atom. The van der Waals surface area contributed by atoms with Gasteiger partial charge in [0, 0.05) is 38.8 Å². The summed E-state index contributed by atoms with van der Waals surface area (Å²) in [7, 11) is 3.28. The van der Waals surface area contributed by atoms with Crippen LogP contribution in [0.4, 0.5) is 10.5 Å². The molecule has 1 aromatic rings.